The number of hydrogen-bond donors (Lipinski definition) is 1. The van der Waals surface area contributed by atoms with E-state index in [-0.39, 0.29) is 11.9 Å². The molecular weight excluding hydrogens is 326 g/mol. The molecule has 2 fully saturated rings. The Hall–Kier alpha value is -2.21. The minimum Gasteiger partial charge on any atom is -0.332 e. The van der Waals surface area contributed by atoms with E-state index < -0.39 is 0 Å². The van der Waals surface area contributed by atoms with Gasteiger partial charge < -0.3 is 9.80 Å². The summed E-state index contributed by atoms with van der Waals surface area (Å²) >= 11 is 0. The zero-order valence-corrected chi connectivity index (χ0v) is 15.2. The van der Waals surface area contributed by atoms with Gasteiger partial charge >= 0.3 is 0 Å². The third-order valence-corrected chi connectivity index (χ3v) is 5.51. The van der Waals surface area contributed by atoms with Crippen LogP contribution in [0.5, 0.6) is 0 Å². The van der Waals surface area contributed by atoms with E-state index in [9.17, 15) is 4.79 Å². The zero-order valence-electron chi connectivity index (χ0n) is 15.2. The number of nitrogens with zero attached hydrogens (tertiary/aromatic N) is 4. The van der Waals surface area contributed by atoms with E-state index in [1.165, 1.54) is 19.3 Å². The van der Waals surface area contributed by atoms with Crippen LogP contribution in [-0.4, -0.2) is 57.1 Å². The molecule has 1 atom stereocenters. The molecule has 3 heterocycles. The van der Waals surface area contributed by atoms with E-state index >= 15 is 0 Å². The average Bonchev–Trinajstić information content (AvgIpc) is 3.37. The average molecular weight is 353 g/mol. The molecule has 0 radical (unpaired) electrons. The quantitative estimate of drug-likeness (QED) is 0.897. The van der Waals surface area contributed by atoms with Crippen molar-refractivity contribution >= 4 is 5.91 Å². The van der Waals surface area contributed by atoms with Gasteiger partial charge in [0.25, 0.3) is 0 Å². The van der Waals surface area contributed by atoms with Crippen molar-refractivity contribution in [2.75, 3.05) is 26.2 Å². The molecule has 0 spiro atoms. The first-order valence-corrected chi connectivity index (χ1v) is 9.81. The summed E-state index contributed by atoms with van der Waals surface area (Å²) in [6.07, 6.45) is 6.45. The Morgan fingerprint density at radius 1 is 1.08 bits per heavy atom. The molecular formula is C20H27N5O. The molecule has 2 aliphatic rings. The van der Waals surface area contributed by atoms with Crippen LogP contribution in [0.4, 0.5) is 0 Å². The fraction of sp³-hybridized carbons (Fsp3) is 0.550. The normalized spacial score (nSPS) is 21.2. The van der Waals surface area contributed by atoms with Crippen LogP contribution in [-0.2, 0) is 4.79 Å². The van der Waals surface area contributed by atoms with Gasteiger partial charge in [0, 0.05) is 25.1 Å². The molecule has 1 amide bonds. The van der Waals surface area contributed by atoms with Gasteiger partial charge in [-0.05, 0) is 38.8 Å². The number of nitrogens with one attached hydrogen (secondary N) is 1. The minimum atomic E-state index is 0.0359. The molecule has 2 aliphatic heterocycles. The Labute approximate surface area is 154 Å². The fourth-order valence-corrected chi connectivity index (χ4v) is 4.07. The lowest BCUT2D eigenvalue weighted by Crippen LogP contribution is -2.36. The van der Waals surface area contributed by atoms with Gasteiger partial charge in [-0.3, -0.25) is 9.89 Å². The van der Waals surface area contributed by atoms with Crippen LogP contribution in [0, 0.1) is 0 Å². The number of H-pyrrole nitrogens is 1. The fourth-order valence-electron chi connectivity index (χ4n) is 4.07. The topological polar surface area (TPSA) is 65.1 Å². The van der Waals surface area contributed by atoms with Crippen molar-refractivity contribution < 1.29 is 4.79 Å². The number of carbonyl (C=O) groups excluding carboxylic acids is 1. The number of benzene rings is 1. The van der Waals surface area contributed by atoms with Crippen LogP contribution in [0.25, 0.3) is 11.4 Å². The lowest BCUT2D eigenvalue weighted by Gasteiger charge is -2.28. The summed E-state index contributed by atoms with van der Waals surface area (Å²) in [5, 5.41) is 7.43. The molecule has 0 saturated carbocycles. The van der Waals surface area contributed by atoms with Crippen molar-refractivity contribution in [1.29, 1.82) is 0 Å². The second-order valence-corrected chi connectivity index (χ2v) is 7.31. The van der Waals surface area contributed by atoms with Gasteiger partial charge in [0.1, 0.15) is 5.82 Å². The number of piperidine rings is 1. The van der Waals surface area contributed by atoms with E-state index in [0.717, 1.165) is 50.4 Å². The SMILES string of the molecule is O=C(CCN1CCCCC1)N1CCC[C@H]1c1nc(-c2ccccc2)n[nH]1. The number of amides is 1. The highest BCUT2D eigenvalue weighted by molar-refractivity contribution is 5.77. The minimum absolute atomic E-state index is 0.0359. The summed E-state index contributed by atoms with van der Waals surface area (Å²) in [5.41, 5.74) is 0.996. The molecule has 0 bridgehead atoms. The second kappa shape index (κ2) is 7.99. The Balaban J connectivity index is 1.40. The highest BCUT2D eigenvalue weighted by atomic mass is 16.2. The van der Waals surface area contributed by atoms with Crippen molar-refractivity contribution in [3.63, 3.8) is 0 Å². The number of aromatic amines is 1. The van der Waals surface area contributed by atoms with Gasteiger partial charge in [0.05, 0.1) is 6.04 Å². The van der Waals surface area contributed by atoms with Gasteiger partial charge in [0.2, 0.25) is 5.91 Å². The van der Waals surface area contributed by atoms with Crippen molar-refractivity contribution in [1.82, 2.24) is 25.0 Å². The molecule has 0 aliphatic carbocycles. The Kier molecular flexibility index (Phi) is 5.29. The molecule has 6 nitrogen and oxygen atoms in total. The van der Waals surface area contributed by atoms with Crippen LogP contribution >= 0.6 is 0 Å². The predicted octanol–water partition coefficient (Wildman–Crippen LogP) is 3.01. The zero-order chi connectivity index (χ0) is 17.8. The van der Waals surface area contributed by atoms with Crippen LogP contribution in [0.3, 0.4) is 0 Å². The molecule has 26 heavy (non-hydrogen) atoms. The van der Waals surface area contributed by atoms with Gasteiger partial charge in [-0.2, -0.15) is 5.10 Å². The maximum Gasteiger partial charge on any atom is 0.224 e. The van der Waals surface area contributed by atoms with Crippen LogP contribution in [0.15, 0.2) is 30.3 Å². The molecule has 4 rings (SSSR count). The largest absolute Gasteiger partial charge is 0.332 e. The van der Waals surface area contributed by atoms with Gasteiger partial charge in [-0.1, -0.05) is 36.8 Å². The number of carbonyl (C=O) groups is 1. The van der Waals surface area contributed by atoms with Crippen molar-refractivity contribution in [3.8, 4) is 11.4 Å². The molecule has 138 valence electrons. The number of aromatic nitrogens is 3. The Morgan fingerprint density at radius 2 is 1.88 bits per heavy atom. The lowest BCUT2D eigenvalue weighted by atomic mass is 10.1. The first kappa shape index (κ1) is 17.2. The van der Waals surface area contributed by atoms with E-state index in [1.54, 1.807) is 0 Å². The van der Waals surface area contributed by atoms with Crippen LogP contribution in [0.2, 0.25) is 0 Å². The number of hydrogen-bond acceptors (Lipinski definition) is 4. The summed E-state index contributed by atoms with van der Waals surface area (Å²) < 4.78 is 0. The third kappa shape index (κ3) is 3.80. The Morgan fingerprint density at radius 3 is 2.69 bits per heavy atom. The maximum absolute atomic E-state index is 12.8. The van der Waals surface area contributed by atoms with Gasteiger partial charge in [-0.15, -0.1) is 0 Å². The maximum atomic E-state index is 12.8. The molecule has 6 heteroatoms. The summed E-state index contributed by atoms with van der Waals surface area (Å²) in [5.74, 6) is 1.76. The predicted molar refractivity (Wildman–Crippen MR) is 100 cm³/mol. The number of rotatable bonds is 5. The summed E-state index contributed by atoms with van der Waals surface area (Å²) in [7, 11) is 0. The monoisotopic (exact) mass is 353 g/mol. The number of likely N-dealkylation sites (tertiary alicyclic amines) is 2. The van der Waals surface area contributed by atoms with Crippen LogP contribution in [0.1, 0.15) is 50.4 Å². The summed E-state index contributed by atoms with van der Waals surface area (Å²) in [6, 6.07) is 9.99. The first-order chi connectivity index (χ1) is 12.8. The summed E-state index contributed by atoms with van der Waals surface area (Å²) in [4.78, 5) is 21.9. The highest BCUT2D eigenvalue weighted by Crippen LogP contribution is 2.31. The first-order valence-electron chi connectivity index (χ1n) is 9.81. The van der Waals surface area contributed by atoms with Crippen molar-refractivity contribution in [2.45, 2.75) is 44.6 Å². The molecule has 1 N–H and O–H groups in total. The standard InChI is InChI=1S/C20H27N5O/c26-18(11-15-24-12-5-2-6-13-24)25-14-7-10-17(25)20-21-19(22-23-20)16-8-3-1-4-9-16/h1,3-4,8-9,17H,2,5-7,10-15H2,(H,21,22,23)/t17-/m0/s1. The molecule has 1 aromatic carbocycles. The lowest BCUT2D eigenvalue weighted by molar-refractivity contribution is -0.132. The summed E-state index contributed by atoms with van der Waals surface area (Å²) in [6.45, 7) is 3.98. The highest BCUT2D eigenvalue weighted by Gasteiger charge is 2.32. The van der Waals surface area contributed by atoms with E-state index in [0.29, 0.717) is 12.2 Å². The van der Waals surface area contributed by atoms with Gasteiger partial charge in [0.15, 0.2) is 5.82 Å². The van der Waals surface area contributed by atoms with Crippen molar-refractivity contribution in [3.05, 3.63) is 36.2 Å². The molecule has 2 saturated heterocycles. The van der Waals surface area contributed by atoms with E-state index in [4.69, 9.17) is 0 Å². The van der Waals surface area contributed by atoms with Crippen LogP contribution < -0.4 is 0 Å². The molecule has 1 aromatic heterocycles. The smallest absolute Gasteiger partial charge is 0.224 e. The Bertz CT molecular complexity index is 723. The van der Waals surface area contributed by atoms with E-state index in [1.807, 2.05) is 35.2 Å². The van der Waals surface area contributed by atoms with E-state index in [2.05, 4.69) is 20.1 Å². The van der Waals surface area contributed by atoms with Gasteiger partial charge in [-0.25, -0.2) is 4.98 Å². The molecule has 0 unspecified atom stereocenters. The third-order valence-electron chi connectivity index (χ3n) is 5.51. The molecule has 2 aromatic rings. The second-order valence-electron chi connectivity index (χ2n) is 7.31. The van der Waals surface area contributed by atoms with Crippen molar-refractivity contribution in [2.24, 2.45) is 0 Å².